The van der Waals surface area contributed by atoms with Crippen molar-refractivity contribution in [2.75, 3.05) is 19.9 Å². The quantitative estimate of drug-likeness (QED) is 0.172. The van der Waals surface area contributed by atoms with Crippen LogP contribution in [0.2, 0.25) is 0 Å². The molecule has 0 bridgehead atoms. The maximum atomic E-state index is 14.2. The van der Waals surface area contributed by atoms with E-state index >= 15 is 0 Å². The van der Waals surface area contributed by atoms with Crippen molar-refractivity contribution >= 4 is 16.9 Å². The maximum absolute atomic E-state index is 14.2. The molecule has 5 rings (SSSR count). The van der Waals surface area contributed by atoms with Gasteiger partial charge in [-0.3, -0.25) is 9.69 Å². The first-order valence-corrected chi connectivity index (χ1v) is 12.9. The van der Waals surface area contributed by atoms with E-state index in [1.807, 2.05) is 11.8 Å². The van der Waals surface area contributed by atoms with Crippen LogP contribution in [-0.2, 0) is 23.9 Å². The SMILES string of the molecule is CCCOC(=O)c1ccc(Oc2c(C(F)(F)F)oc3c4c(ccc3c2=O)OCN(CCc2ccc(F)cc2)C4)cc1. The molecule has 11 heteroatoms. The van der Waals surface area contributed by atoms with Gasteiger partial charge in [0, 0.05) is 13.1 Å². The zero-order valence-corrected chi connectivity index (χ0v) is 21.9. The molecule has 4 aromatic rings. The summed E-state index contributed by atoms with van der Waals surface area (Å²) in [6.07, 6.45) is -3.87. The fourth-order valence-corrected chi connectivity index (χ4v) is 4.41. The molecule has 0 spiro atoms. The van der Waals surface area contributed by atoms with Crippen molar-refractivity contribution in [3.63, 3.8) is 0 Å². The van der Waals surface area contributed by atoms with Gasteiger partial charge in [0.15, 0.2) is 0 Å². The molecular formula is C30H25F4NO6. The molecule has 0 N–H and O–H groups in total. The molecule has 41 heavy (non-hydrogen) atoms. The number of carbonyl (C=O) groups is 1. The molecule has 3 aromatic carbocycles. The van der Waals surface area contributed by atoms with E-state index in [1.54, 1.807) is 12.1 Å². The summed E-state index contributed by atoms with van der Waals surface area (Å²) in [6, 6.07) is 14.1. The van der Waals surface area contributed by atoms with Crippen molar-refractivity contribution < 1.29 is 41.0 Å². The normalized spacial score (nSPS) is 13.5. The second-order valence-electron chi connectivity index (χ2n) is 9.47. The number of hydrogen-bond acceptors (Lipinski definition) is 7. The Labute approximate surface area is 231 Å². The van der Waals surface area contributed by atoms with Crippen molar-refractivity contribution in [2.24, 2.45) is 0 Å². The van der Waals surface area contributed by atoms with E-state index in [9.17, 15) is 27.2 Å². The number of hydrogen-bond donors (Lipinski definition) is 0. The standard InChI is InChI=1S/C30H25F4NO6/c1-2-15-38-29(37)19-5-9-21(10-6-19)40-27-25(36)22-11-12-24-23(26(22)41-28(27)30(32,33)34)16-35(17-39-24)14-13-18-3-7-20(31)8-4-18/h3-12H,2,13-17H2,1H3. The van der Waals surface area contributed by atoms with E-state index in [0.29, 0.717) is 30.7 Å². The number of ether oxygens (including phenoxy) is 3. The molecule has 0 unspecified atom stereocenters. The lowest BCUT2D eigenvalue weighted by Crippen LogP contribution is -2.34. The predicted octanol–water partition coefficient (Wildman–Crippen LogP) is 6.70. The maximum Gasteiger partial charge on any atom is 0.453 e. The summed E-state index contributed by atoms with van der Waals surface area (Å²) in [7, 11) is 0. The van der Waals surface area contributed by atoms with E-state index < -0.39 is 29.1 Å². The highest BCUT2D eigenvalue weighted by molar-refractivity contribution is 5.89. The Morgan fingerprint density at radius 2 is 1.76 bits per heavy atom. The van der Waals surface area contributed by atoms with E-state index in [-0.39, 0.29) is 48.0 Å². The number of fused-ring (bicyclic) bond motifs is 3. The van der Waals surface area contributed by atoms with Crippen molar-refractivity contribution in [2.45, 2.75) is 32.5 Å². The smallest absolute Gasteiger partial charge is 0.453 e. The molecule has 0 saturated carbocycles. The highest BCUT2D eigenvalue weighted by atomic mass is 19.4. The number of halogens is 4. The van der Waals surface area contributed by atoms with Gasteiger partial charge in [0.05, 0.1) is 23.1 Å². The summed E-state index contributed by atoms with van der Waals surface area (Å²) in [5.74, 6) is -3.32. The third kappa shape index (κ3) is 6.19. The van der Waals surface area contributed by atoms with Gasteiger partial charge in [-0.25, -0.2) is 9.18 Å². The third-order valence-corrected chi connectivity index (χ3v) is 6.50. The first-order chi connectivity index (χ1) is 19.6. The Kier molecular flexibility index (Phi) is 7.98. The molecule has 0 fully saturated rings. The van der Waals surface area contributed by atoms with Crippen LogP contribution < -0.4 is 14.9 Å². The fraction of sp³-hybridized carbons (Fsp3) is 0.267. The average molecular weight is 572 g/mol. The molecular weight excluding hydrogens is 546 g/mol. The van der Waals surface area contributed by atoms with Crippen LogP contribution >= 0.6 is 0 Å². The van der Waals surface area contributed by atoms with Gasteiger partial charge < -0.3 is 18.6 Å². The number of benzene rings is 3. The van der Waals surface area contributed by atoms with Crippen LogP contribution in [0.25, 0.3) is 11.0 Å². The van der Waals surface area contributed by atoms with Crippen LogP contribution in [0.5, 0.6) is 17.2 Å². The molecule has 0 saturated heterocycles. The van der Waals surface area contributed by atoms with Crippen molar-refractivity contribution in [3.05, 3.63) is 99.2 Å². The zero-order chi connectivity index (χ0) is 29.1. The van der Waals surface area contributed by atoms with Crippen LogP contribution in [0, 0.1) is 5.82 Å². The van der Waals surface area contributed by atoms with Gasteiger partial charge in [-0.15, -0.1) is 0 Å². The largest absolute Gasteiger partial charge is 0.478 e. The second-order valence-corrected chi connectivity index (χ2v) is 9.47. The highest BCUT2D eigenvalue weighted by Gasteiger charge is 2.41. The van der Waals surface area contributed by atoms with E-state index in [2.05, 4.69) is 0 Å². The van der Waals surface area contributed by atoms with Gasteiger partial charge in [0.25, 0.3) is 5.76 Å². The number of esters is 1. The lowest BCUT2D eigenvalue weighted by atomic mass is 10.1. The molecule has 0 aliphatic carbocycles. The molecule has 1 aliphatic rings. The van der Waals surface area contributed by atoms with Crippen molar-refractivity contribution in [3.8, 4) is 17.2 Å². The Morgan fingerprint density at radius 1 is 1.02 bits per heavy atom. The Bertz CT molecular complexity index is 1610. The van der Waals surface area contributed by atoms with Crippen molar-refractivity contribution in [1.82, 2.24) is 4.90 Å². The Morgan fingerprint density at radius 3 is 2.44 bits per heavy atom. The molecule has 0 atom stereocenters. The number of rotatable bonds is 8. The minimum absolute atomic E-state index is 0.0950. The van der Waals surface area contributed by atoms with Gasteiger partial charge in [-0.2, -0.15) is 13.2 Å². The molecule has 0 radical (unpaired) electrons. The lowest BCUT2D eigenvalue weighted by Gasteiger charge is -2.29. The summed E-state index contributed by atoms with van der Waals surface area (Å²) >= 11 is 0. The van der Waals surface area contributed by atoms with Crippen LogP contribution in [0.3, 0.4) is 0 Å². The molecule has 214 valence electrons. The van der Waals surface area contributed by atoms with E-state index in [4.69, 9.17) is 18.6 Å². The fourth-order valence-electron chi connectivity index (χ4n) is 4.41. The highest BCUT2D eigenvalue weighted by Crippen LogP contribution is 2.41. The van der Waals surface area contributed by atoms with E-state index in [1.165, 1.54) is 48.5 Å². The van der Waals surface area contributed by atoms with Gasteiger partial charge in [-0.05, 0) is 66.9 Å². The molecule has 1 aromatic heterocycles. The lowest BCUT2D eigenvalue weighted by molar-refractivity contribution is -0.154. The third-order valence-electron chi connectivity index (χ3n) is 6.50. The van der Waals surface area contributed by atoms with Gasteiger partial charge >= 0.3 is 12.1 Å². The topological polar surface area (TPSA) is 78.2 Å². The van der Waals surface area contributed by atoms with Gasteiger partial charge in [0.2, 0.25) is 11.2 Å². The predicted molar refractivity (Wildman–Crippen MR) is 141 cm³/mol. The monoisotopic (exact) mass is 571 g/mol. The van der Waals surface area contributed by atoms with Crippen LogP contribution in [-0.4, -0.2) is 30.8 Å². The summed E-state index contributed by atoms with van der Waals surface area (Å²) in [4.78, 5) is 27.2. The first-order valence-electron chi connectivity index (χ1n) is 12.9. The van der Waals surface area contributed by atoms with Gasteiger partial charge in [-0.1, -0.05) is 19.1 Å². The number of nitrogens with zero attached hydrogens (tertiary/aromatic N) is 1. The number of carbonyl (C=O) groups excluding carboxylic acids is 1. The van der Waals surface area contributed by atoms with E-state index in [0.717, 1.165) is 5.56 Å². The number of alkyl halides is 3. The average Bonchev–Trinajstić information content (AvgIpc) is 2.96. The van der Waals surface area contributed by atoms with Crippen LogP contribution in [0.1, 0.15) is 40.6 Å². The second kappa shape index (κ2) is 11.6. The van der Waals surface area contributed by atoms with Crippen molar-refractivity contribution in [1.29, 1.82) is 0 Å². The first kappa shape index (κ1) is 28.2. The van der Waals surface area contributed by atoms with Gasteiger partial charge in [0.1, 0.15) is 29.6 Å². The minimum Gasteiger partial charge on any atom is -0.478 e. The summed E-state index contributed by atoms with van der Waals surface area (Å²) in [5, 5.41) is -0.101. The Hall–Kier alpha value is -4.38. The molecule has 1 aliphatic heterocycles. The molecule has 2 heterocycles. The minimum atomic E-state index is -5.05. The summed E-state index contributed by atoms with van der Waals surface area (Å²) < 4.78 is 77.2. The zero-order valence-electron chi connectivity index (χ0n) is 21.9. The van der Waals surface area contributed by atoms with Crippen LogP contribution in [0.15, 0.2) is 69.9 Å². The molecule has 7 nitrogen and oxygen atoms in total. The summed E-state index contributed by atoms with van der Waals surface area (Å²) in [6.45, 7) is 2.89. The summed E-state index contributed by atoms with van der Waals surface area (Å²) in [5.41, 5.74) is 0.123. The molecule has 0 amide bonds. The van der Waals surface area contributed by atoms with Crippen LogP contribution in [0.4, 0.5) is 17.6 Å². The Balaban J connectivity index is 1.45.